The predicted molar refractivity (Wildman–Crippen MR) is 72.5 cm³/mol. The van der Waals surface area contributed by atoms with Crippen LogP contribution in [0.3, 0.4) is 0 Å². The van der Waals surface area contributed by atoms with E-state index >= 15 is 0 Å². The van der Waals surface area contributed by atoms with Gasteiger partial charge in [-0.3, -0.25) is 9.59 Å². The molecule has 1 atom stereocenters. The summed E-state index contributed by atoms with van der Waals surface area (Å²) in [4.78, 5) is 28.0. The molecule has 3 fully saturated rings. The third-order valence-electron chi connectivity index (χ3n) is 5.03. The van der Waals surface area contributed by atoms with E-state index in [4.69, 9.17) is 0 Å². The lowest BCUT2D eigenvalue weighted by molar-refractivity contribution is -0.153. The number of carbonyl (C=O) groups excluding carboxylic acids is 2. The fourth-order valence-electron chi connectivity index (χ4n) is 3.87. The van der Waals surface area contributed by atoms with Gasteiger partial charge in [-0.05, 0) is 25.2 Å². The molecule has 1 saturated carbocycles. The Kier molecular flexibility index (Phi) is 3.76. The van der Waals surface area contributed by atoms with Gasteiger partial charge in [0, 0.05) is 13.1 Å². The summed E-state index contributed by atoms with van der Waals surface area (Å²) in [5.74, 6) is 1.14. The van der Waals surface area contributed by atoms with E-state index in [1.54, 1.807) is 4.90 Å². The van der Waals surface area contributed by atoms with Gasteiger partial charge in [-0.1, -0.05) is 32.1 Å². The van der Waals surface area contributed by atoms with Crippen molar-refractivity contribution in [2.24, 2.45) is 5.92 Å². The number of rotatable bonds is 3. The van der Waals surface area contributed by atoms with Gasteiger partial charge in [0.15, 0.2) is 0 Å². The highest BCUT2D eigenvalue weighted by Gasteiger charge is 2.41. The highest BCUT2D eigenvalue weighted by atomic mass is 16.2. The molecule has 1 unspecified atom stereocenters. The second-order valence-corrected chi connectivity index (χ2v) is 6.30. The summed E-state index contributed by atoms with van der Waals surface area (Å²) in [7, 11) is 0. The summed E-state index contributed by atoms with van der Waals surface area (Å²) in [5, 5.41) is 0. The third-order valence-corrected chi connectivity index (χ3v) is 5.03. The van der Waals surface area contributed by atoms with E-state index in [2.05, 4.69) is 0 Å². The molecule has 4 nitrogen and oxygen atoms in total. The quantitative estimate of drug-likeness (QED) is 0.779. The van der Waals surface area contributed by atoms with E-state index in [0.29, 0.717) is 6.54 Å². The van der Waals surface area contributed by atoms with Crippen LogP contribution in [0.5, 0.6) is 0 Å². The topological polar surface area (TPSA) is 40.6 Å². The first-order valence-electron chi connectivity index (χ1n) is 7.84. The Bertz CT molecular complexity index is 363. The van der Waals surface area contributed by atoms with Crippen molar-refractivity contribution in [3.05, 3.63) is 0 Å². The number of fused-ring (bicyclic) bond motifs is 1. The lowest BCUT2D eigenvalue weighted by atomic mass is 9.87. The molecule has 1 aliphatic carbocycles. The van der Waals surface area contributed by atoms with E-state index in [-0.39, 0.29) is 17.9 Å². The van der Waals surface area contributed by atoms with Crippen LogP contribution in [-0.2, 0) is 9.59 Å². The Labute approximate surface area is 115 Å². The maximum atomic E-state index is 12.4. The molecular formula is C15H24N2O2. The largest absolute Gasteiger partial charge is 0.332 e. The maximum Gasteiger partial charge on any atom is 0.245 e. The normalized spacial score (nSPS) is 28.9. The Balaban J connectivity index is 1.55. The van der Waals surface area contributed by atoms with E-state index in [1.165, 1.54) is 32.1 Å². The molecular weight excluding hydrogens is 240 g/mol. The number of nitrogens with zero attached hydrogens (tertiary/aromatic N) is 2. The zero-order valence-corrected chi connectivity index (χ0v) is 11.6. The third kappa shape index (κ3) is 2.63. The van der Waals surface area contributed by atoms with Gasteiger partial charge in [0.2, 0.25) is 11.8 Å². The van der Waals surface area contributed by atoms with Crippen molar-refractivity contribution >= 4 is 11.8 Å². The molecule has 2 amide bonds. The molecule has 0 bridgehead atoms. The fraction of sp³-hybridized carbons (Fsp3) is 0.867. The number of hydrogen-bond acceptors (Lipinski definition) is 2. The average molecular weight is 264 g/mol. The molecule has 0 aromatic rings. The molecule has 0 N–H and O–H groups in total. The monoisotopic (exact) mass is 264 g/mol. The zero-order valence-electron chi connectivity index (χ0n) is 11.6. The van der Waals surface area contributed by atoms with Gasteiger partial charge < -0.3 is 9.80 Å². The first kappa shape index (κ1) is 12.9. The summed E-state index contributed by atoms with van der Waals surface area (Å²) < 4.78 is 0. The van der Waals surface area contributed by atoms with Crippen molar-refractivity contribution in [2.75, 3.05) is 19.6 Å². The highest BCUT2D eigenvalue weighted by Crippen LogP contribution is 2.28. The standard InChI is InChI=1S/C15H24N2O2/c18-14-11-16(10-8-12-5-2-1-3-6-12)15(19)13-7-4-9-17(13)14/h12-13H,1-11H2. The molecule has 3 rings (SSSR count). The average Bonchev–Trinajstić information content (AvgIpc) is 2.92. The van der Waals surface area contributed by atoms with Gasteiger partial charge in [0.05, 0.1) is 6.54 Å². The fourth-order valence-corrected chi connectivity index (χ4v) is 3.87. The van der Waals surface area contributed by atoms with Crippen LogP contribution in [-0.4, -0.2) is 47.3 Å². The number of amides is 2. The molecule has 0 spiro atoms. The van der Waals surface area contributed by atoms with Crippen LogP contribution in [0.1, 0.15) is 51.4 Å². The first-order valence-corrected chi connectivity index (χ1v) is 7.84. The molecule has 2 heterocycles. The zero-order chi connectivity index (χ0) is 13.2. The summed E-state index contributed by atoms with van der Waals surface area (Å²) in [5.41, 5.74) is 0. The highest BCUT2D eigenvalue weighted by molar-refractivity contribution is 5.95. The van der Waals surface area contributed by atoms with Crippen LogP contribution in [0.15, 0.2) is 0 Å². The van der Waals surface area contributed by atoms with Crippen LogP contribution in [0.4, 0.5) is 0 Å². The van der Waals surface area contributed by atoms with Crippen molar-refractivity contribution in [3.63, 3.8) is 0 Å². The Hall–Kier alpha value is -1.06. The van der Waals surface area contributed by atoms with Crippen LogP contribution in [0, 0.1) is 5.92 Å². The number of hydrogen-bond donors (Lipinski definition) is 0. The van der Waals surface area contributed by atoms with Crippen molar-refractivity contribution in [3.8, 4) is 0 Å². The van der Waals surface area contributed by atoms with Gasteiger partial charge in [-0.2, -0.15) is 0 Å². The lowest BCUT2D eigenvalue weighted by Crippen LogP contribution is -2.57. The van der Waals surface area contributed by atoms with Crippen molar-refractivity contribution < 1.29 is 9.59 Å². The Morgan fingerprint density at radius 1 is 1.00 bits per heavy atom. The van der Waals surface area contributed by atoms with Gasteiger partial charge in [-0.25, -0.2) is 0 Å². The molecule has 2 aliphatic heterocycles. The van der Waals surface area contributed by atoms with Gasteiger partial charge in [0.25, 0.3) is 0 Å². The molecule has 0 aromatic carbocycles. The molecule has 106 valence electrons. The molecule has 3 aliphatic rings. The molecule has 2 saturated heterocycles. The van der Waals surface area contributed by atoms with E-state index in [9.17, 15) is 9.59 Å². The minimum absolute atomic E-state index is 0.132. The minimum atomic E-state index is -0.132. The van der Waals surface area contributed by atoms with Crippen LogP contribution >= 0.6 is 0 Å². The van der Waals surface area contributed by atoms with E-state index in [1.807, 2.05) is 4.90 Å². The molecule has 4 heteroatoms. The lowest BCUT2D eigenvalue weighted by Gasteiger charge is -2.37. The van der Waals surface area contributed by atoms with Crippen LogP contribution in [0.2, 0.25) is 0 Å². The Morgan fingerprint density at radius 3 is 2.58 bits per heavy atom. The van der Waals surface area contributed by atoms with Crippen molar-refractivity contribution in [2.45, 2.75) is 57.4 Å². The van der Waals surface area contributed by atoms with E-state index < -0.39 is 0 Å². The minimum Gasteiger partial charge on any atom is -0.332 e. The maximum absolute atomic E-state index is 12.4. The second kappa shape index (κ2) is 5.51. The summed E-state index contributed by atoms with van der Waals surface area (Å²) in [6.45, 7) is 1.90. The molecule has 19 heavy (non-hydrogen) atoms. The summed E-state index contributed by atoms with van der Waals surface area (Å²) in [6.07, 6.45) is 9.61. The molecule has 0 radical (unpaired) electrons. The first-order chi connectivity index (χ1) is 9.25. The van der Waals surface area contributed by atoms with Crippen molar-refractivity contribution in [1.82, 2.24) is 9.80 Å². The predicted octanol–water partition coefficient (Wildman–Crippen LogP) is 1.79. The van der Waals surface area contributed by atoms with Crippen LogP contribution in [0.25, 0.3) is 0 Å². The Morgan fingerprint density at radius 2 is 1.79 bits per heavy atom. The van der Waals surface area contributed by atoms with Crippen LogP contribution < -0.4 is 0 Å². The summed E-state index contributed by atoms with van der Waals surface area (Å²) in [6, 6.07) is -0.132. The smallest absolute Gasteiger partial charge is 0.245 e. The second-order valence-electron chi connectivity index (χ2n) is 6.30. The molecule has 0 aromatic heterocycles. The van der Waals surface area contributed by atoms with Crippen molar-refractivity contribution in [1.29, 1.82) is 0 Å². The number of carbonyl (C=O) groups is 2. The van der Waals surface area contributed by atoms with Gasteiger partial charge >= 0.3 is 0 Å². The number of piperazine rings is 1. The van der Waals surface area contributed by atoms with E-state index in [0.717, 1.165) is 38.3 Å². The summed E-state index contributed by atoms with van der Waals surface area (Å²) >= 11 is 0. The van der Waals surface area contributed by atoms with Gasteiger partial charge in [-0.15, -0.1) is 0 Å². The SMILES string of the molecule is O=C1C2CCCN2C(=O)CN1CCC1CCCCC1. The van der Waals surface area contributed by atoms with Gasteiger partial charge in [0.1, 0.15) is 6.04 Å².